The molecule has 0 saturated heterocycles. The van der Waals surface area contributed by atoms with E-state index in [1.165, 1.54) is 12.5 Å². The summed E-state index contributed by atoms with van der Waals surface area (Å²) < 4.78 is 0. The lowest BCUT2D eigenvalue weighted by atomic mass is 10.00. The molecule has 1 aromatic heterocycles. The van der Waals surface area contributed by atoms with Crippen molar-refractivity contribution >= 4 is 29.6 Å². The van der Waals surface area contributed by atoms with E-state index in [0.717, 1.165) is 5.56 Å². The van der Waals surface area contributed by atoms with Crippen molar-refractivity contribution in [3.63, 3.8) is 0 Å². The molecule has 13 heteroatoms. The van der Waals surface area contributed by atoms with E-state index in [0.29, 0.717) is 5.69 Å². The summed E-state index contributed by atoms with van der Waals surface area (Å²) in [4.78, 5) is 68.5. The Bertz CT molecular complexity index is 1090. The van der Waals surface area contributed by atoms with Crippen molar-refractivity contribution in [3.05, 3.63) is 54.1 Å². The van der Waals surface area contributed by atoms with Crippen LogP contribution in [-0.4, -0.2) is 68.8 Å². The number of nitrogens with one attached hydrogen (secondary N) is 4. The highest BCUT2D eigenvalue weighted by Crippen LogP contribution is 2.09. The zero-order valence-electron chi connectivity index (χ0n) is 21.3. The fourth-order valence-corrected chi connectivity index (χ4v) is 3.63. The van der Waals surface area contributed by atoms with Crippen LogP contribution in [-0.2, 0) is 36.8 Å². The normalized spacial score (nSPS) is 14.1. The first-order chi connectivity index (χ1) is 18.0. The number of aliphatic carboxylic acids is 1. The zero-order chi connectivity index (χ0) is 28.2. The predicted octanol–water partition coefficient (Wildman–Crippen LogP) is -1.02. The van der Waals surface area contributed by atoms with Crippen LogP contribution in [0, 0.1) is 5.92 Å². The van der Waals surface area contributed by atoms with Gasteiger partial charge in [0.15, 0.2) is 0 Å². The molecule has 0 spiro atoms. The van der Waals surface area contributed by atoms with Crippen molar-refractivity contribution < 1.29 is 29.1 Å². The Morgan fingerprint density at radius 2 is 1.61 bits per heavy atom. The number of H-pyrrole nitrogens is 1. The number of carbonyl (C=O) groups is 5. The Morgan fingerprint density at radius 3 is 2.16 bits per heavy atom. The molecule has 4 unspecified atom stereocenters. The number of hydrogen-bond acceptors (Lipinski definition) is 7. The van der Waals surface area contributed by atoms with E-state index in [-0.39, 0.29) is 25.7 Å². The van der Waals surface area contributed by atoms with Gasteiger partial charge < -0.3 is 37.5 Å². The first-order valence-corrected chi connectivity index (χ1v) is 12.2. The number of imidazole rings is 1. The number of carboxylic acids is 1. The van der Waals surface area contributed by atoms with Gasteiger partial charge in [0, 0.05) is 31.2 Å². The molecule has 0 fully saturated rings. The van der Waals surface area contributed by atoms with Crippen molar-refractivity contribution in [1.29, 1.82) is 0 Å². The van der Waals surface area contributed by atoms with Gasteiger partial charge in [-0.15, -0.1) is 0 Å². The number of amides is 4. The Hall–Kier alpha value is -4.26. The highest BCUT2D eigenvalue weighted by Gasteiger charge is 2.32. The summed E-state index contributed by atoms with van der Waals surface area (Å²) in [7, 11) is 0. The lowest BCUT2D eigenvalue weighted by Gasteiger charge is -2.27. The van der Waals surface area contributed by atoms with Crippen LogP contribution in [0.15, 0.2) is 42.9 Å². The molecule has 0 saturated carbocycles. The van der Waals surface area contributed by atoms with Crippen LogP contribution in [0.1, 0.15) is 37.9 Å². The number of primary amides is 1. The molecule has 13 nitrogen and oxygen atoms in total. The van der Waals surface area contributed by atoms with Crippen molar-refractivity contribution in [2.75, 3.05) is 0 Å². The van der Waals surface area contributed by atoms with Crippen LogP contribution in [0.25, 0.3) is 0 Å². The van der Waals surface area contributed by atoms with Gasteiger partial charge >= 0.3 is 5.97 Å². The number of aromatic amines is 1. The molecule has 9 N–H and O–H groups in total. The molecule has 1 aromatic carbocycles. The molecule has 4 atom stereocenters. The summed E-state index contributed by atoms with van der Waals surface area (Å²) in [6.45, 7) is 3.39. The molecule has 0 aliphatic carbocycles. The van der Waals surface area contributed by atoms with Gasteiger partial charge in [-0.05, 0) is 17.9 Å². The summed E-state index contributed by atoms with van der Waals surface area (Å²) in [5, 5.41) is 17.3. The summed E-state index contributed by atoms with van der Waals surface area (Å²) >= 11 is 0. The molecule has 2 rings (SSSR count). The molecule has 1 heterocycles. The third kappa shape index (κ3) is 9.65. The number of carbonyl (C=O) groups excluding carboxylic acids is 4. The molecular weight excluding hydrogens is 494 g/mol. The number of aromatic nitrogens is 2. The zero-order valence-corrected chi connectivity index (χ0v) is 21.3. The van der Waals surface area contributed by atoms with Gasteiger partial charge in [-0.25, -0.2) is 9.78 Å². The van der Waals surface area contributed by atoms with Gasteiger partial charge in [0.2, 0.25) is 23.6 Å². The Balaban J connectivity index is 2.16. The number of nitrogens with zero attached hydrogens (tertiary/aromatic N) is 1. The minimum absolute atomic E-state index is 0.00474. The first-order valence-electron chi connectivity index (χ1n) is 12.2. The van der Waals surface area contributed by atoms with Gasteiger partial charge in [0.05, 0.1) is 12.4 Å². The quantitative estimate of drug-likeness (QED) is 0.151. The van der Waals surface area contributed by atoms with Crippen molar-refractivity contribution in [2.24, 2.45) is 17.4 Å². The fraction of sp³-hybridized carbons (Fsp3) is 0.440. The van der Waals surface area contributed by atoms with E-state index < -0.39 is 59.7 Å². The molecule has 4 amide bonds. The Kier molecular flexibility index (Phi) is 11.4. The van der Waals surface area contributed by atoms with E-state index in [2.05, 4.69) is 25.9 Å². The third-order valence-electron chi connectivity index (χ3n) is 5.79. The van der Waals surface area contributed by atoms with Crippen LogP contribution in [0.2, 0.25) is 0 Å². The summed E-state index contributed by atoms with van der Waals surface area (Å²) in [6.07, 6.45) is 2.83. The second kappa shape index (κ2) is 14.5. The summed E-state index contributed by atoms with van der Waals surface area (Å²) in [5.41, 5.74) is 12.3. The third-order valence-corrected chi connectivity index (χ3v) is 5.79. The maximum atomic E-state index is 13.3. The lowest BCUT2D eigenvalue weighted by molar-refractivity contribution is -0.142. The largest absolute Gasteiger partial charge is 0.480 e. The molecule has 0 aliphatic rings. The van der Waals surface area contributed by atoms with E-state index in [4.69, 9.17) is 11.5 Å². The van der Waals surface area contributed by atoms with Crippen molar-refractivity contribution in [2.45, 2.75) is 63.7 Å². The topological polar surface area (TPSA) is 222 Å². The van der Waals surface area contributed by atoms with Crippen LogP contribution in [0.5, 0.6) is 0 Å². The first kappa shape index (κ1) is 30.0. The van der Waals surface area contributed by atoms with Crippen molar-refractivity contribution in [1.82, 2.24) is 25.9 Å². The molecule has 206 valence electrons. The number of carboxylic acid groups (broad SMARTS) is 1. The van der Waals surface area contributed by atoms with Gasteiger partial charge in [0.1, 0.15) is 18.1 Å². The Morgan fingerprint density at radius 1 is 0.947 bits per heavy atom. The van der Waals surface area contributed by atoms with Gasteiger partial charge in [0.25, 0.3) is 0 Å². The summed E-state index contributed by atoms with van der Waals surface area (Å²) in [6, 6.07) is 4.39. The van der Waals surface area contributed by atoms with Crippen LogP contribution in [0.3, 0.4) is 0 Å². The monoisotopic (exact) mass is 529 g/mol. The van der Waals surface area contributed by atoms with Crippen LogP contribution in [0.4, 0.5) is 0 Å². The second-order valence-corrected chi connectivity index (χ2v) is 9.27. The highest BCUT2D eigenvalue weighted by molar-refractivity contribution is 5.94. The number of rotatable bonds is 15. The summed E-state index contributed by atoms with van der Waals surface area (Å²) in [5.74, 6) is -4.27. The molecule has 0 bridgehead atoms. The van der Waals surface area contributed by atoms with Gasteiger partial charge in [-0.3, -0.25) is 19.2 Å². The molecule has 2 aromatic rings. The predicted molar refractivity (Wildman–Crippen MR) is 137 cm³/mol. The smallest absolute Gasteiger partial charge is 0.326 e. The van der Waals surface area contributed by atoms with Crippen LogP contribution >= 0.6 is 0 Å². The van der Waals surface area contributed by atoms with Gasteiger partial charge in [-0.1, -0.05) is 44.2 Å². The number of hydrogen-bond donors (Lipinski definition) is 7. The Labute approximate surface area is 220 Å². The maximum absolute atomic E-state index is 13.3. The SMILES string of the molecule is CC(C)C(NC(=O)C(Cc1ccccc1)NC(=O)C(N)CCC(N)=O)C(=O)NC(Cc1cnc[nH]1)C(=O)O. The highest BCUT2D eigenvalue weighted by atomic mass is 16.4. The molecule has 0 radical (unpaired) electrons. The van der Waals surface area contributed by atoms with Crippen molar-refractivity contribution in [3.8, 4) is 0 Å². The molecule has 38 heavy (non-hydrogen) atoms. The molecule has 0 aliphatic heterocycles. The number of nitrogens with two attached hydrogens (primary N) is 2. The molecular formula is C25H35N7O6. The van der Waals surface area contributed by atoms with E-state index in [1.54, 1.807) is 44.2 Å². The standard InChI is InChI=1S/C25H35N7O6/c1-14(2)21(24(36)31-19(25(37)38)11-16-12-28-13-29-16)32-23(35)18(10-15-6-4-3-5-7-15)30-22(34)17(26)8-9-20(27)33/h3-7,12-14,17-19,21H,8-11,26H2,1-2H3,(H2,27,33)(H,28,29)(H,30,34)(H,31,36)(H,32,35)(H,37,38). The van der Waals surface area contributed by atoms with E-state index in [1.807, 2.05) is 0 Å². The van der Waals surface area contributed by atoms with Gasteiger partial charge in [-0.2, -0.15) is 0 Å². The minimum atomic E-state index is -1.26. The minimum Gasteiger partial charge on any atom is -0.480 e. The van der Waals surface area contributed by atoms with Crippen LogP contribution < -0.4 is 27.4 Å². The van der Waals surface area contributed by atoms with E-state index in [9.17, 15) is 29.1 Å². The van der Waals surface area contributed by atoms with E-state index >= 15 is 0 Å². The second-order valence-electron chi connectivity index (χ2n) is 9.27. The lowest BCUT2D eigenvalue weighted by Crippen LogP contribution is -2.59. The maximum Gasteiger partial charge on any atom is 0.326 e. The number of benzene rings is 1. The fourth-order valence-electron chi connectivity index (χ4n) is 3.63. The average Bonchev–Trinajstić information content (AvgIpc) is 3.38. The average molecular weight is 530 g/mol.